The number of ether oxygens (including phenoxy) is 1. The van der Waals surface area contributed by atoms with Crippen LogP contribution in [0.15, 0.2) is 35.6 Å². The van der Waals surface area contributed by atoms with Crippen molar-refractivity contribution in [3.63, 3.8) is 0 Å². The minimum Gasteiger partial charge on any atom is -0.480 e. The van der Waals surface area contributed by atoms with Crippen LogP contribution in [0.3, 0.4) is 0 Å². The second kappa shape index (κ2) is 8.60. The fraction of sp³-hybridized carbons (Fsp3) is 0.583. The maximum Gasteiger partial charge on any atom is 0.326 e. The topological polar surface area (TPSA) is 66.8 Å². The van der Waals surface area contributed by atoms with Gasteiger partial charge in [-0.3, -0.25) is 4.79 Å². The largest absolute Gasteiger partial charge is 0.480 e. The molecule has 1 amide bonds. The van der Waals surface area contributed by atoms with Crippen molar-refractivity contribution in [3.05, 3.63) is 41.2 Å². The van der Waals surface area contributed by atoms with Crippen LogP contribution in [0.2, 0.25) is 0 Å². The normalized spacial score (nSPS) is 19.6. The number of amides is 1. The third kappa shape index (κ3) is 4.82. The molecular weight excluding hydrogens is 366 g/mol. The zero-order chi connectivity index (χ0) is 21.2. The molecule has 3 rings (SSSR count). The highest BCUT2D eigenvalue weighted by atomic mass is 16.5. The van der Waals surface area contributed by atoms with E-state index in [9.17, 15) is 14.7 Å². The highest BCUT2D eigenvalue weighted by molar-refractivity contribution is 5.98. The van der Waals surface area contributed by atoms with Gasteiger partial charge in [-0.2, -0.15) is 0 Å². The highest BCUT2D eigenvalue weighted by Crippen LogP contribution is 2.35. The predicted molar refractivity (Wildman–Crippen MR) is 113 cm³/mol. The number of rotatable bonds is 6. The summed E-state index contributed by atoms with van der Waals surface area (Å²) in [6.45, 7) is 8.30. The average molecular weight is 400 g/mol. The van der Waals surface area contributed by atoms with Gasteiger partial charge in [-0.25, -0.2) is 4.79 Å². The molecule has 5 heteroatoms. The van der Waals surface area contributed by atoms with Gasteiger partial charge in [0.05, 0.1) is 12.1 Å². The lowest BCUT2D eigenvalue weighted by molar-refractivity contribution is -0.148. The first-order valence-corrected chi connectivity index (χ1v) is 10.7. The minimum absolute atomic E-state index is 0.0993. The molecule has 2 aliphatic rings. The van der Waals surface area contributed by atoms with Gasteiger partial charge in [-0.1, -0.05) is 71.1 Å². The molecule has 0 radical (unpaired) electrons. The van der Waals surface area contributed by atoms with Gasteiger partial charge in [0, 0.05) is 5.56 Å². The molecule has 1 aromatic rings. The van der Waals surface area contributed by atoms with Gasteiger partial charge in [0.25, 0.3) is 5.91 Å². The van der Waals surface area contributed by atoms with Crippen molar-refractivity contribution in [2.45, 2.75) is 77.7 Å². The lowest BCUT2D eigenvalue weighted by Gasteiger charge is -2.30. The number of carbonyl (C=O) groups is 2. The first-order valence-electron chi connectivity index (χ1n) is 10.7. The van der Waals surface area contributed by atoms with Crippen LogP contribution in [0.1, 0.15) is 71.8 Å². The molecular formula is C24H33NO4. The molecule has 29 heavy (non-hydrogen) atoms. The third-order valence-electron chi connectivity index (χ3n) is 6.18. The summed E-state index contributed by atoms with van der Waals surface area (Å²) in [5, 5.41) is 9.84. The molecule has 1 aliphatic carbocycles. The summed E-state index contributed by atoms with van der Waals surface area (Å²) in [6, 6.07) is 7.04. The average Bonchev–Trinajstić information content (AvgIpc) is 2.94. The Balaban J connectivity index is 1.78. The predicted octanol–water partition coefficient (Wildman–Crippen LogP) is 4.90. The van der Waals surface area contributed by atoms with E-state index < -0.39 is 12.0 Å². The summed E-state index contributed by atoms with van der Waals surface area (Å²) < 4.78 is 6.19. The van der Waals surface area contributed by atoms with Gasteiger partial charge in [0.2, 0.25) is 0 Å². The van der Waals surface area contributed by atoms with Gasteiger partial charge in [0.15, 0.2) is 0 Å². The number of nitrogens with zero attached hydrogens (tertiary/aromatic N) is 1. The van der Waals surface area contributed by atoms with Gasteiger partial charge < -0.3 is 14.7 Å². The van der Waals surface area contributed by atoms with E-state index in [2.05, 4.69) is 20.8 Å². The van der Waals surface area contributed by atoms with E-state index in [-0.39, 0.29) is 17.9 Å². The van der Waals surface area contributed by atoms with Crippen LogP contribution >= 0.6 is 0 Å². The van der Waals surface area contributed by atoms with Crippen LogP contribution in [0.25, 0.3) is 0 Å². The molecule has 1 aromatic carbocycles. The molecule has 0 unspecified atom stereocenters. The number of hydrogen-bond donors (Lipinski definition) is 1. The number of carboxylic acid groups (broad SMARTS) is 1. The fourth-order valence-electron chi connectivity index (χ4n) is 4.45. The second-order valence-corrected chi connectivity index (χ2v) is 9.42. The van der Waals surface area contributed by atoms with Crippen LogP contribution in [0.4, 0.5) is 0 Å². The number of benzene rings is 1. The summed E-state index contributed by atoms with van der Waals surface area (Å²) in [7, 11) is 0. The highest BCUT2D eigenvalue weighted by Gasteiger charge is 2.39. The Kier molecular flexibility index (Phi) is 6.35. The lowest BCUT2D eigenvalue weighted by Crippen LogP contribution is -2.44. The van der Waals surface area contributed by atoms with Gasteiger partial charge in [0.1, 0.15) is 17.6 Å². The third-order valence-corrected chi connectivity index (χ3v) is 6.18. The van der Waals surface area contributed by atoms with Crippen molar-refractivity contribution in [1.29, 1.82) is 0 Å². The maximum atomic E-state index is 12.9. The molecule has 5 nitrogen and oxygen atoms in total. The molecule has 0 bridgehead atoms. The van der Waals surface area contributed by atoms with Crippen LogP contribution in [0.5, 0.6) is 5.75 Å². The Hall–Kier alpha value is -2.30. The number of carbonyl (C=O) groups excluding carboxylic acids is 1. The number of hydrogen-bond acceptors (Lipinski definition) is 3. The summed E-state index contributed by atoms with van der Waals surface area (Å²) in [5.41, 5.74) is 1.46. The van der Waals surface area contributed by atoms with E-state index in [4.69, 9.17) is 4.74 Å². The maximum absolute atomic E-state index is 12.9. The van der Waals surface area contributed by atoms with Gasteiger partial charge in [-0.05, 0) is 30.7 Å². The molecule has 1 fully saturated rings. The van der Waals surface area contributed by atoms with Gasteiger partial charge in [-0.15, -0.1) is 0 Å². The molecule has 1 atom stereocenters. The van der Waals surface area contributed by atoms with Crippen LogP contribution < -0.4 is 4.74 Å². The molecule has 1 saturated carbocycles. The number of carboxylic acids is 1. The molecule has 0 spiro atoms. The summed E-state index contributed by atoms with van der Waals surface area (Å²) in [5.74, 6) is 0.513. The standard InChI is InChI=1S/C24H33NO4/c1-16-21(29-20-13-9-8-12-18(20)24(2,3)4)15-25(22(16)26)19(23(27)28)14-17-10-6-5-7-11-17/h8-9,12-13,17,19H,5-7,10-11,14-15H2,1-4H3,(H,27,28)/t19-/m0/s1. The Bertz CT molecular complexity index is 799. The van der Waals surface area contributed by atoms with Crippen LogP contribution in [0, 0.1) is 5.92 Å². The van der Waals surface area contributed by atoms with Crippen molar-refractivity contribution in [3.8, 4) is 5.75 Å². The van der Waals surface area contributed by atoms with E-state index in [1.165, 1.54) is 11.3 Å². The Morgan fingerprint density at radius 3 is 2.48 bits per heavy atom. The first-order chi connectivity index (χ1) is 13.7. The van der Waals surface area contributed by atoms with Crippen molar-refractivity contribution in [2.24, 2.45) is 5.92 Å². The van der Waals surface area contributed by atoms with Gasteiger partial charge >= 0.3 is 5.97 Å². The SMILES string of the molecule is CC1=C(Oc2ccccc2C(C)(C)C)CN([C@@H](CC2CCCCC2)C(=O)O)C1=O. The molecule has 1 aliphatic heterocycles. The minimum atomic E-state index is -0.923. The van der Waals surface area contributed by atoms with E-state index in [0.717, 1.165) is 37.0 Å². The quantitative estimate of drug-likeness (QED) is 0.739. The van der Waals surface area contributed by atoms with Crippen molar-refractivity contribution >= 4 is 11.9 Å². The summed E-state index contributed by atoms with van der Waals surface area (Å²) >= 11 is 0. The number of aliphatic carboxylic acids is 1. The van der Waals surface area contributed by atoms with E-state index in [1.807, 2.05) is 24.3 Å². The molecule has 0 aromatic heterocycles. The zero-order valence-electron chi connectivity index (χ0n) is 18.0. The van der Waals surface area contributed by atoms with Crippen molar-refractivity contribution in [2.75, 3.05) is 6.54 Å². The Morgan fingerprint density at radius 1 is 1.21 bits per heavy atom. The molecule has 158 valence electrons. The molecule has 1 heterocycles. The lowest BCUT2D eigenvalue weighted by atomic mass is 9.84. The summed E-state index contributed by atoms with van der Waals surface area (Å²) in [4.78, 5) is 26.4. The van der Waals surface area contributed by atoms with Crippen LogP contribution in [-0.4, -0.2) is 34.5 Å². The van der Waals surface area contributed by atoms with E-state index in [0.29, 0.717) is 23.7 Å². The molecule has 0 saturated heterocycles. The fourth-order valence-corrected chi connectivity index (χ4v) is 4.45. The Morgan fingerprint density at radius 2 is 1.86 bits per heavy atom. The monoisotopic (exact) mass is 399 g/mol. The summed E-state index contributed by atoms with van der Waals surface area (Å²) in [6.07, 6.45) is 6.17. The molecule has 1 N–H and O–H groups in total. The van der Waals surface area contributed by atoms with Crippen LogP contribution in [-0.2, 0) is 15.0 Å². The second-order valence-electron chi connectivity index (χ2n) is 9.42. The van der Waals surface area contributed by atoms with Crippen molar-refractivity contribution < 1.29 is 19.4 Å². The first kappa shape index (κ1) is 21.4. The number of para-hydroxylation sites is 1. The van der Waals surface area contributed by atoms with E-state index in [1.54, 1.807) is 6.92 Å². The zero-order valence-corrected chi connectivity index (χ0v) is 18.0. The van der Waals surface area contributed by atoms with E-state index >= 15 is 0 Å². The smallest absolute Gasteiger partial charge is 0.326 e. The Labute approximate surface area is 173 Å². The van der Waals surface area contributed by atoms with Crippen molar-refractivity contribution in [1.82, 2.24) is 4.90 Å².